The molecule has 1 saturated heterocycles. The second kappa shape index (κ2) is 10.6. The van der Waals surface area contributed by atoms with Crippen molar-refractivity contribution in [2.24, 2.45) is 0 Å². The Balaban J connectivity index is 1.56. The molecule has 1 atom stereocenters. The molecule has 1 aliphatic carbocycles. The Labute approximate surface area is 206 Å². The third kappa shape index (κ3) is 4.97. The number of nitrogens with one attached hydrogen (secondary N) is 1. The summed E-state index contributed by atoms with van der Waals surface area (Å²) in [6.45, 7) is 7.18. The first-order valence-electron chi connectivity index (χ1n) is 12.4. The second-order valence-corrected chi connectivity index (χ2v) is 9.00. The van der Waals surface area contributed by atoms with Gasteiger partial charge in [-0.2, -0.15) is 0 Å². The van der Waals surface area contributed by atoms with Crippen LogP contribution in [0.15, 0.2) is 30.4 Å². The number of benzene rings is 1. The molecule has 1 aliphatic heterocycles. The first-order valence-corrected chi connectivity index (χ1v) is 12.4. The van der Waals surface area contributed by atoms with E-state index in [0.717, 1.165) is 87.1 Å². The van der Waals surface area contributed by atoms with E-state index in [1.54, 1.807) is 14.2 Å². The number of nitrogens with zero attached hydrogens (tertiary/aromatic N) is 5. The van der Waals surface area contributed by atoms with Crippen molar-refractivity contribution in [3.05, 3.63) is 42.0 Å². The molecule has 2 aromatic heterocycles. The van der Waals surface area contributed by atoms with E-state index in [9.17, 15) is 0 Å². The zero-order valence-corrected chi connectivity index (χ0v) is 20.8. The summed E-state index contributed by atoms with van der Waals surface area (Å²) < 4.78 is 18.7. The summed E-state index contributed by atoms with van der Waals surface area (Å²) in [6, 6.07) is 5.96. The highest BCUT2D eigenvalue weighted by Gasteiger charge is 2.25. The van der Waals surface area contributed by atoms with Crippen LogP contribution in [-0.2, 0) is 4.74 Å². The van der Waals surface area contributed by atoms with Crippen LogP contribution >= 0.6 is 0 Å². The van der Waals surface area contributed by atoms with Crippen LogP contribution in [0.2, 0.25) is 0 Å². The van der Waals surface area contributed by atoms with Crippen molar-refractivity contribution < 1.29 is 14.2 Å². The number of aromatic nitrogens is 4. The topological polar surface area (TPSA) is 86.6 Å². The molecule has 3 heterocycles. The molecule has 0 radical (unpaired) electrons. The van der Waals surface area contributed by atoms with Gasteiger partial charge >= 0.3 is 0 Å². The molecule has 1 N–H and O–H groups in total. The molecule has 1 aromatic carbocycles. The molecular formula is C26H34N6O3. The third-order valence-electron chi connectivity index (χ3n) is 6.73. The molecule has 0 spiro atoms. The molecule has 9 heteroatoms. The van der Waals surface area contributed by atoms with E-state index in [4.69, 9.17) is 29.2 Å². The SMILES string of the molecule is COc1ccc(-n2c(C3CC=CCC3)nc3c(NCCN4CCOCC4)nc(C)nc32)cc1OC. The van der Waals surface area contributed by atoms with Gasteiger partial charge in [0.2, 0.25) is 0 Å². The molecule has 0 amide bonds. The van der Waals surface area contributed by atoms with Crippen molar-refractivity contribution in [1.82, 2.24) is 24.4 Å². The van der Waals surface area contributed by atoms with E-state index in [2.05, 4.69) is 26.9 Å². The smallest absolute Gasteiger partial charge is 0.170 e. The lowest BCUT2D eigenvalue weighted by Crippen LogP contribution is -2.39. The van der Waals surface area contributed by atoms with Gasteiger partial charge in [-0.25, -0.2) is 15.0 Å². The summed E-state index contributed by atoms with van der Waals surface area (Å²) in [5, 5.41) is 3.54. The Bertz CT molecular complexity index is 1200. The number of hydrogen-bond acceptors (Lipinski definition) is 8. The quantitative estimate of drug-likeness (QED) is 0.491. The zero-order valence-electron chi connectivity index (χ0n) is 20.8. The van der Waals surface area contributed by atoms with Gasteiger partial charge in [-0.3, -0.25) is 9.47 Å². The van der Waals surface area contributed by atoms with Crippen LogP contribution in [0.1, 0.15) is 36.8 Å². The summed E-state index contributed by atoms with van der Waals surface area (Å²) in [4.78, 5) is 17.2. The summed E-state index contributed by atoms with van der Waals surface area (Å²) in [5.74, 6) is 4.18. The minimum Gasteiger partial charge on any atom is -0.493 e. The highest BCUT2D eigenvalue weighted by Crippen LogP contribution is 2.36. The molecule has 3 aromatic rings. The summed E-state index contributed by atoms with van der Waals surface area (Å²) in [5.41, 5.74) is 2.56. The Morgan fingerprint density at radius 3 is 2.63 bits per heavy atom. The second-order valence-electron chi connectivity index (χ2n) is 9.00. The first kappa shape index (κ1) is 23.6. The Hall–Kier alpha value is -3.17. The lowest BCUT2D eigenvalue weighted by molar-refractivity contribution is 0.0398. The molecule has 2 aliphatic rings. The predicted octanol–water partition coefficient (Wildman–Crippen LogP) is 3.71. The molecule has 5 rings (SSSR count). The lowest BCUT2D eigenvalue weighted by Gasteiger charge is -2.26. The van der Waals surface area contributed by atoms with E-state index in [1.807, 2.05) is 25.1 Å². The third-order valence-corrected chi connectivity index (χ3v) is 6.73. The number of morpholine rings is 1. The maximum absolute atomic E-state index is 5.60. The van der Waals surface area contributed by atoms with Crippen molar-refractivity contribution in [1.29, 1.82) is 0 Å². The maximum atomic E-state index is 5.60. The molecule has 186 valence electrons. The van der Waals surface area contributed by atoms with Crippen molar-refractivity contribution in [3.63, 3.8) is 0 Å². The van der Waals surface area contributed by atoms with Crippen molar-refractivity contribution in [2.45, 2.75) is 32.1 Å². The number of fused-ring (bicyclic) bond motifs is 1. The molecule has 1 fully saturated rings. The highest BCUT2D eigenvalue weighted by atomic mass is 16.5. The number of allylic oxidation sites excluding steroid dienone is 2. The minimum absolute atomic E-state index is 0.309. The van der Waals surface area contributed by atoms with Gasteiger partial charge in [-0.15, -0.1) is 0 Å². The van der Waals surface area contributed by atoms with E-state index in [1.165, 1.54) is 0 Å². The molecular weight excluding hydrogens is 444 g/mol. The van der Waals surface area contributed by atoms with Crippen LogP contribution < -0.4 is 14.8 Å². The molecule has 0 bridgehead atoms. The van der Waals surface area contributed by atoms with Gasteiger partial charge < -0.3 is 19.5 Å². The minimum atomic E-state index is 0.309. The van der Waals surface area contributed by atoms with Crippen LogP contribution in [0.25, 0.3) is 16.9 Å². The maximum Gasteiger partial charge on any atom is 0.170 e. The van der Waals surface area contributed by atoms with E-state index in [0.29, 0.717) is 23.2 Å². The number of imidazole rings is 1. The van der Waals surface area contributed by atoms with Crippen molar-refractivity contribution >= 4 is 17.0 Å². The number of anilines is 1. The summed E-state index contributed by atoms with van der Waals surface area (Å²) in [6.07, 6.45) is 7.57. The summed E-state index contributed by atoms with van der Waals surface area (Å²) in [7, 11) is 3.30. The molecule has 0 saturated carbocycles. The van der Waals surface area contributed by atoms with Gasteiger partial charge in [-0.1, -0.05) is 12.2 Å². The Kier molecular flexibility index (Phi) is 7.15. The average Bonchev–Trinajstić information content (AvgIpc) is 3.28. The summed E-state index contributed by atoms with van der Waals surface area (Å²) >= 11 is 0. The van der Waals surface area contributed by atoms with E-state index >= 15 is 0 Å². The van der Waals surface area contributed by atoms with Gasteiger partial charge in [0, 0.05) is 38.2 Å². The number of rotatable bonds is 8. The molecule has 35 heavy (non-hydrogen) atoms. The van der Waals surface area contributed by atoms with Crippen LogP contribution in [0.4, 0.5) is 5.82 Å². The van der Waals surface area contributed by atoms with Crippen LogP contribution in [-0.4, -0.2) is 78.0 Å². The van der Waals surface area contributed by atoms with E-state index in [-0.39, 0.29) is 0 Å². The number of methoxy groups -OCH3 is 2. The van der Waals surface area contributed by atoms with Gasteiger partial charge in [0.1, 0.15) is 11.6 Å². The first-order chi connectivity index (χ1) is 17.2. The highest BCUT2D eigenvalue weighted by molar-refractivity contribution is 5.85. The fourth-order valence-electron chi connectivity index (χ4n) is 4.88. The fourth-order valence-corrected chi connectivity index (χ4v) is 4.88. The number of ether oxygens (including phenoxy) is 3. The zero-order chi connectivity index (χ0) is 24.2. The Morgan fingerprint density at radius 1 is 1.06 bits per heavy atom. The molecule has 1 unspecified atom stereocenters. The van der Waals surface area contributed by atoms with Crippen LogP contribution in [0.5, 0.6) is 11.5 Å². The van der Waals surface area contributed by atoms with Gasteiger partial charge in [0.15, 0.2) is 28.5 Å². The standard InChI is InChI=1S/C26H34N6O3/c1-18-28-24(27-11-12-31-13-15-35-16-14-31)23-26(29-18)32(25(30-23)19-7-5-4-6-8-19)20-9-10-21(33-2)22(17-20)34-3/h4-5,9-10,17,19H,6-8,11-16H2,1-3H3,(H,27,28,29). The van der Waals surface area contributed by atoms with Gasteiger partial charge in [-0.05, 0) is 38.3 Å². The molecule has 9 nitrogen and oxygen atoms in total. The Morgan fingerprint density at radius 2 is 1.89 bits per heavy atom. The van der Waals surface area contributed by atoms with Crippen LogP contribution in [0.3, 0.4) is 0 Å². The van der Waals surface area contributed by atoms with Crippen molar-refractivity contribution in [3.8, 4) is 17.2 Å². The predicted molar refractivity (Wildman–Crippen MR) is 136 cm³/mol. The van der Waals surface area contributed by atoms with Crippen LogP contribution in [0, 0.1) is 6.92 Å². The van der Waals surface area contributed by atoms with Gasteiger partial charge in [0.05, 0.1) is 33.1 Å². The number of aryl methyl sites for hydroxylation is 1. The average molecular weight is 479 g/mol. The largest absolute Gasteiger partial charge is 0.493 e. The van der Waals surface area contributed by atoms with Gasteiger partial charge in [0.25, 0.3) is 0 Å². The lowest BCUT2D eigenvalue weighted by atomic mass is 9.93. The van der Waals surface area contributed by atoms with Crippen molar-refractivity contribution in [2.75, 3.05) is 58.9 Å². The number of hydrogen-bond donors (Lipinski definition) is 1. The fraction of sp³-hybridized carbons (Fsp3) is 0.500. The monoisotopic (exact) mass is 478 g/mol. The normalized spacial score (nSPS) is 18.7. The van der Waals surface area contributed by atoms with E-state index < -0.39 is 0 Å².